The third kappa shape index (κ3) is 5.06. The molecule has 1 saturated heterocycles. The monoisotopic (exact) mass is 384 g/mol. The van der Waals surface area contributed by atoms with Gasteiger partial charge in [0.25, 0.3) is 10.1 Å². The molecule has 1 aliphatic rings. The summed E-state index contributed by atoms with van der Waals surface area (Å²) >= 11 is 0. The van der Waals surface area contributed by atoms with Crippen molar-refractivity contribution in [2.24, 2.45) is 0 Å². The lowest BCUT2D eigenvalue weighted by atomic mass is 10.1. The van der Waals surface area contributed by atoms with E-state index in [1.807, 2.05) is 6.92 Å². The van der Waals surface area contributed by atoms with Gasteiger partial charge in [0, 0.05) is 6.92 Å². The fourth-order valence-electron chi connectivity index (χ4n) is 2.66. The van der Waals surface area contributed by atoms with E-state index in [1.165, 1.54) is 19.1 Å². The highest BCUT2D eigenvalue weighted by atomic mass is 32.2. The Bertz CT molecular complexity index is 754. The van der Waals surface area contributed by atoms with E-state index in [2.05, 4.69) is 6.58 Å². The van der Waals surface area contributed by atoms with Crippen molar-refractivity contribution in [3.63, 3.8) is 0 Å². The molecule has 26 heavy (non-hydrogen) atoms. The molecular weight excluding hydrogens is 360 g/mol. The van der Waals surface area contributed by atoms with Crippen LogP contribution in [0.1, 0.15) is 26.3 Å². The Kier molecular flexibility index (Phi) is 6.44. The molecule has 8 heteroatoms. The number of rotatable bonds is 7. The highest BCUT2D eigenvalue weighted by molar-refractivity contribution is 7.86. The lowest BCUT2D eigenvalue weighted by molar-refractivity contribution is -0.146. The normalized spacial score (nSPS) is 25.7. The van der Waals surface area contributed by atoms with Crippen LogP contribution in [0.3, 0.4) is 0 Å². The van der Waals surface area contributed by atoms with Crippen LogP contribution in [0, 0.1) is 6.92 Å². The third-order valence-corrected chi connectivity index (χ3v) is 5.20. The summed E-state index contributed by atoms with van der Waals surface area (Å²) in [5, 5.41) is 0. The van der Waals surface area contributed by atoms with Crippen molar-refractivity contribution in [2.75, 3.05) is 6.61 Å². The van der Waals surface area contributed by atoms with E-state index in [-0.39, 0.29) is 11.5 Å². The quantitative estimate of drug-likeness (QED) is 0.405. The molecule has 1 fully saturated rings. The van der Waals surface area contributed by atoms with Crippen LogP contribution < -0.4 is 0 Å². The van der Waals surface area contributed by atoms with Crippen molar-refractivity contribution in [2.45, 2.75) is 57.0 Å². The highest BCUT2D eigenvalue weighted by Gasteiger charge is 2.48. The van der Waals surface area contributed by atoms with Crippen molar-refractivity contribution in [1.29, 1.82) is 0 Å². The minimum Gasteiger partial charge on any atom is -0.490 e. The van der Waals surface area contributed by atoms with E-state index in [0.717, 1.165) is 5.56 Å². The highest BCUT2D eigenvalue weighted by Crippen LogP contribution is 2.31. The number of carbonyl (C=O) groups excluding carboxylic acids is 1. The number of esters is 1. The second kappa shape index (κ2) is 8.20. The maximum absolute atomic E-state index is 12.7. The van der Waals surface area contributed by atoms with E-state index in [0.29, 0.717) is 5.76 Å². The van der Waals surface area contributed by atoms with Gasteiger partial charge in [-0.1, -0.05) is 24.3 Å². The molecule has 144 valence electrons. The zero-order valence-corrected chi connectivity index (χ0v) is 16.1. The molecule has 0 aliphatic carbocycles. The van der Waals surface area contributed by atoms with Gasteiger partial charge in [-0.2, -0.15) is 8.42 Å². The largest absolute Gasteiger partial charge is 0.490 e. The first-order valence-electron chi connectivity index (χ1n) is 8.21. The predicted octanol–water partition coefficient (Wildman–Crippen LogP) is 2.34. The van der Waals surface area contributed by atoms with Crippen molar-refractivity contribution in [3.05, 3.63) is 42.2 Å². The van der Waals surface area contributed by atoms with Gasteiger partial charge in [0.05, 0.1) is 16.8 Å². The predicted molar refractivity (Wildman–Crippen MR) is 93.9 cm³/mol. The van der Waals surface area contributed by atoms with E-state index >= 15 is 0 Å². The van der Waals surface area contributed by atoms with Crippen LogP contribution >= 0.6 is 0 Å². The Balaban J connectivity index is 2.26. The summed E-state index contributed by atoms with van der Waals surface area (Å²) in [6, 6.07) is 6.31. The Morgan fingerprint density at radius 3 is 2.35 bits per heavy atom. The van der Waals surface area contributed by atoms with E-state index in [4.69, 9.17) is 18.4 Å². The van der Waals surface area contributed by atoms with Crippen LogP contribution in [0.15, 0.2) is 41.5 Å². The smallest absolute Gasteiger partial charge is 0.302 e. The first-order valence-corrected chi connectivity index (χ1v) is 9.62. The Morgan fingerprint density at radius 1 is 1.19 bits per heavy atom. The number of ether oxygens (including phenoxy) is 3. The van der Waals surface area contributed by atoms with Gasteiger partial charge < -0.3 is 14.2 Å². The van der Waals surface area contributed by atoms with Crippen LogP contribution in [0.2, 0.25) is 0 Å². The standard InChI is InChI=1S/C18H24O7S/c1-11(2)23-17-13(4)24-16(10-22-14(5)19)18(17)25-26(20,21)15-8-6-12(3)7-9-15/h6-9,13,16-18H,1,10H2,2-5H3/t13-,16+,17-,18-/m0/s1. The molecule has 1 heterocycles. The van der Waals surface area contributed by atoms with Crippen LogP contribution in [-0.4, -0.2) is 45.4 Å². The van der Waals surface area contributed by atoms with E-state index in [9.17, 15) is 13.2 Å². The number of aryl methyl sites for hydroxylation is 1. The van der Waals surface area contributed by atoms with Crippen LogP contribution in [0.25, 0.3) is 0 Å². The summed E-state index contributed by atoms with van der Waals surface area (Å²) in [7, 11) is -4.05. The molecule has 2 rings (SSSR count). The molecule has 0 aromatic heterocycles. The van der Waals surface area contributed by atoms with Gasteiger partial charge in [-0.3, -0.25) is 8.98 Å². The number of allylic oxidation sites excluding steroid dienone is 1. The van der Waals surface area contributed by atoms with Crippen molar-refractivity contribution >= 4 is 16.1 Å². The summed E-state index contributed by atoms with van der Waals surface area (Å²) in [5.41, 5.74) is 0.929. The second-order valence-corrected chi connectivity index (χ2v) is 7.87. The van der Waals surface area contributed by atoms with Crippen LogP contribution in [0.4, 0.5) is 0 Å². The van der Waals surface area contributed by atoms with Gasteiger partial charge in [0.2, 0.25) is 0 Å². The Labute approximate surface area is 154 Å². The van der Waals surface area contributed by atoms with Gasteiger partial charge in [-0.15, -0.1) is 0 Å². The maximum atomic E-state index is 12.7. The topological polar surface area (TPSA) is 88.1 Å². The van der Waals surface area contributed by atoms with Gasteiger partial charge in [0.15, 0.2) is 6.10 Å². The van der Waals surface area contributed by atoms with E-state index < -0.39 is 40.5 Å². The Hall–Kier alpha value is -1.90. The molecule has 0 radical (unpaired) electrons. The number of hydrogen-bond donors (Lipinski definition) is 0. The Morgan fingerprint density at radius 2 is 1.81 bits per heavy atom. The molecule has 0 amide bonds. The number of benzene rings is 1. The van der Waals surface area contributed by atoms with Gasteiger partial charge in [0.1, 0.15) is 18.8 Å². The first-order chi connectivity index (χ1) is 12.1. The second-order valence-electron chi connectivity index (χ2n) is 6.29. The molecule has 4 atom stereocenters. The molecule has 7 nitrogen and oxygen atoms in total. The number of hydrogen-bond acceptors (Lipinski definition) is 7. The molecule has 1 aromatic rings. The van der Waals surface area contributed by atoms with Gasteiger partial charge in [-0.25, -0.2) is 0 Å². The third-order valence-electron chi connectivity index (χ3n) is 3.88. The molecule has 0 saturated carbocycles. The van der Waals surface area contributed by atoms with E-state index in [1.54, 1.807) is 26.0 Å². The maximum Gasteiger partial charge on any atom is 0.302 e. The average Bonchev–Trinajstić information content (AvgIpc) is 2.81. The summed E-state index contributed by atoms with van der Waals surface area (Å²) in [6.07, 6.45) is -2.93. The lowest BCUT2D eigenvalue weighted by Crippen LogP contribution is -2.40. The van der Waals surface area contributed by atoms with Crippen molar-refractivity contribution in [3.8, 4) is 0 Å². The average molecular weight is 384 g/mol. The van der Waals surface area contributed by atoms with Crippen molar-refractivity contribution in [1.82, 2.24) is 0 Å². The molecule has 0 unspecified atom stereocenters. The molecule has 0 N–H and O–H groups in total. The van der Waals surface area contributed by atoms with Crippen LogP contribution in [0.5, 0.6) is 0 Å². The van der Waals surface area contributed by atoms with Crippen molar-refractivity contribution < 1.29 is 31.6 Å². The molecule has 0 spiro atoms. The SMILES string of the molecule is C=C(C)O[C@@H]1[C@@H](OS(=O)(=O)c2ccc(C)cc2)[C@@H](COC(C)=O)O[C@H]1C. The summed E-state index contributed by atoms with van der Waals surface area (Å²) in [5.74, 6) is -0.0921. The molecule has 0 bridgehead atoms. The number of carbonyl (C=O) groups is 1. The minimum absolute atomic E-state index is 0.0305. The fraction of sp³-hybridized carbons (Fsp3) is 0.500. The zero-order chi connectivity index (χ0) is 19.5. The van der Waals surface area contributed by atoms with Gasteiger partial charge >= 0.3 is 5.97 Å². The van der Waals surface area contributed by atoms with Crippen LogP contribution in [-0.2, 0) is 33.3 Å². The molecule has 1 aromatic carbocycles. The molecule has 1 aliphatic heterocycles. The zero-order valence-electron chi connectivity index (χ0n) is 15.3. The fourth-order valence-corrected chi connectivity index (χ4v) is 3.77. The minimum atomic E-state index is -4.05. The molecular formula is C18H24O7S. The summed E-state index contributed by atoms with van der Waals surface area (Å²) < 4.78 is 47.1. The first kappa shape index (κ1) is 20.4. The summed E-state index contributed by atoms with van der Waals surface area (Å²) in [4.78, 5) is 11.1. The lowest BCUT2D eigenvalue weighted by Gasteiger charge is -2.24. The summed E-state index contributed by atoms with van der Waals surface area (Å²) in [6.45, 7) is 10.1. The van der Waals surface area contributed by atoms with Gasteiger partial charge in [-0.05, 0) is 32.9 Å².